The Morgan fingerprint density at radius 3 is 0.944 bits per heavy atom. The first-order valence-corrected chi connectivity index (χ1v) is 30.1. The molecule has 0 aromatic carbocycles. The number of hydrogen-bond acceptors (Lipinski definition) is 6. The standard InChI is InChI=1S/C65H112O6/c1-4-7-10-13-16-19-22-25-28-30-31-32-33-35-38-41-44-47-50-53-56-59-65(68)71-62(60-69-63(66)57-54-51-48-45-42-39-36-27-24-21-18-15-12-9-6-3)61-70-64(67)58-55-52-49-46-43-40-37-34-29-26-23-20-17-14-11-8-5-2/h9,12,18,21,26-27,29,36-37,40,42,45-46,49,62H,4-8,10-11,13-17,19-20,22-25,28,30-35,38-39,41,43-44,47-48,50-61H2,1-3H3/b12-9-,21-18-,29-26-,36-27-,40-37-,45-42-,49-46-/t62-/m1/s1. The molecule has 0 N–H and O–H groups in total. The second-order valence-corrected chi connectivity index (χ2v) is 19.9. The number of carbonyl (C=O) groups is 3. The highest BCUT2D eigenvalue weighted by atomic mass is 16.6. The molecular formula is C65H112O6. The van der Waals surface area contributed by atoms with E-state index in [0.29, 0.717) is 19.3 Å². The van der Waals surface area contributed by atoms with E-state index in [1.807, 2.05) is 0 Å². The molecule has 0 saturated carbocycles. The molecule has 71 heavy (non-hydrogen) atoms. The van der Waals surface area contributed by atoms with Gasteiger partial charge in [-0.05, 0) is 89.9 Å². The maximum absolute atomic E-state index is 12.9. The number of ether oxygens (including phenoxy) is 3. The van der Waals surface area contributed by atoms with Crippen molar-refractivity contribution in [3.05, 3.63) is 85.1 Å². The molecule has 0 bridgehead atoms. The Bertz CT molecular complexity index is 1370. The van der Waals surface area contributed by atoms with Gasteiger partial charge in [0.1, 0.15) is 13.2 Å². The molecule has 0 saturated heterocycles. The smallest absolute Gasteiger partial charge is 0.306 e. The number of rotatable bonds is 54. The molecule has 0 spiro atoms. The van der Waals surface area contributed by atoms with Gasteiger partial charge < -0.3 is 14.2 Å². The Morgan fingerprint density at radius 1 is 0.296 bits per heavy atom. The summed E-state index contributed by atoms with van der Waals surface area (Å²) >= 11 is 0. The average molecular weight is 990 g/mol. The molecule has 0 unspecified atom stereocenters. The predicted molar refractivity (Wildman–Crippen MR) is 307 cm³/mol. The third-order valence-corrected chi connectivity index (χ3v) is 12.9. The zero-order valence-corrected chi connectivity index (χ0v) is 46.7. The van der Waals surface area contributed by atoms with Crippen molar-refractivity contribution in [1.29, 1.82) is 0 Å². The maximum Gasteiger partial charge on any atom is 0.306 e. The summed E-state index contributed by atoms with van der Waals surface area (Å²) in [7, 11) is 0. The van der Waals surface area contributed by atoms with Gasteiger partial charge in [-0.25, -0.2) is 0 Å². The zero-order valence-electron chi connectivity index (χ0n) is 46.7. The van der Waals surface area contributed by atoms with Gasteiger partial charge >= 0.3 is 17.9 Å². The highest BCUT2D eigenvalue weighted by Gasteiger charge is 2.19. The fraction of sp³-hybridized carbons (Fsp3) is 0.738. The molecule has 1 atom stereocenters. The molecule has 0 heterocycles. The minimum Gasteiger partial charge on any atom is -0.462 e. The first-order valence-electron chi connectivity index (χ1n) is 30.1. The summed E-state index contributed by atoms with van der Waals surface area (Å²) in [6.07, 6.45) is 77.4. The van der Waals surface area contributed by atoms with Crippen molar-refractivity contribution in [2.24, 2.45) is 0 Å². The van der Waals surface area contributed by atoms with E-state index in [9.17, 15) is 14.4 Å². The lowest BCUT2D eigenvalue weighted by molar-refractivity contribution is -0.167. The molecule has 0 rings (SSSR count). The van der Waals surface area contributed by atoms with E-state index in [2.05, 4.69) is 106 Å². The number of carbonyl (C=O) groups excluding carboxylic acids is 3. The van der Waals surface area contributed by atoms with Crippen LogP contribution in [0.3, 0.4) is 0 Å². The zero-order chi connectivity index (χ0) is 51.4. The van der Waals surface area contributed by atoms with Crippen molar-refractivity contribution in [2.45, 2.75) is 297 Å². The second-order valence-electron chi connectivity index (χ2n) is 19.9. The normalized spacial score (nSPS) is 12.7. The fourth-order valence-electron chi connectivity index (χ4n) is 8.39. The van der Waals surface area contributed by atoms with Crippen LogP contribution in [-0.2, 0) is 28.6 Å². The van der Waals surface area contributed by atoms with Gasteiger partial charge in [-0.3, -0.25) is 14.4 Å². The van der Waals surface area contributed by atoms with Gasteiger partial charge in [0.2, 0.25) is 0 Å². The fourth-order valence-corrected chi connectivity index (χ4v) is 8.39. The van der Waals surface area contributed by atoms with Gasteiger partial charge in [0.15, 0.2) is 6.10 Å². The molecule has 0 radical (unpaired) electrons. The Morgan fingerprint density at radius 2 is 0.563 bits per heavy atom. The topological polar surface area (TPSA) is 78.9 Å². The predicted octanol–water partition coefficient (Wildman–Crippen LogP) is 20.3. The van der Waals surface area contributed by atoms with Gasteiger partial charge in [-0.15, -0.1) is 0 Å². The molecule has 6 heteroatoms. The van der Waals surface area contributed by atoms with E-state index < -0.39 is 6.10 Å². The van der Waals surface area contributed by atoms with Crippen molar-refractivity contribution in [3.63, 3.8) is 0 Å². The number of unbranched alkanes of at least 4 members (excludes halogenated alkanes) is 29. The van der Waals surface area contributed by atoms with Crippen LogP contribution in [0.25, 0.3) is 0 Å². The van der Waals surface area contributed by atoms with E-state index in [1.165, 1.54) is 161 Å². The summed E-state index contributed by atoms with van der Waals surface area (Å²) < 4.78 is 16.8. The van der Waals surface area contributed by atoms with Crippen LogP contribution in [0.1, 0.15) is 290 Å². The monoisotopic (exact) mass is 989 g/mol. The van der Waals surface area contributed by atoms with E-state index >= 15 is 0 Å². The summed E-state index contributed by atoms with van der Waals surface area (Å²) in [5, 5.41) is 0. The van der Waals surface area contributed by atoms with Crippen molar-refractivity contribution < 1.29 is 28.6 Å². The van der Waals surface area contributed by atoms with E-state index in [1.54, 1.807) is 0 Å². The minimum absolute atomic E-state index is 0.112. The lowest BCUT2D eigenvalue weighted by Crippen LogP contribution is -2.30. The van der Waals surface area contributed by atoms with Crippen molar-refractivity contribution >= 4 is 17.9 Å². The first-order chi connectivity index (χ1) is 35.0. The number of esters is 3. The van der Waals surface area contributed by atoms with Crippen LogP contribution in [0, 0.1) is 0 Å². The van der Waals surface area contributed by atoms with Crippen LogP contribution in [-0.4, -0.2) is 37.2 Å². The van der Waals surface area contributed by atoms with E-state index in [0.717, 1.165) is 83.5 Å². The Balaban J connectivity index is 4.45. The minimum atomic E-state index is -0.813. The molecule has 0 fully saturated rings. The van der Waals surface area contributed by atoms with Gasteiger partial charge in [0.05, 0.1) is 0 Å². The van der Waals surface area contributed by atoms with Gasteiger partial charge in [0.25, 0.3) is 0 Å². The number of hydrogen-bond donors (Lipinski definition) is 0. The van der Waals surface area contributed by atoms with Crippen LogP contribution in [0.15, 0.2) is 85.1 Å². The van der Waals surface area contributed by atoms with Gasteiger partial charge in [0, 0.05) is 19.3 Å². The molecular weight excluding hydrogens is 877 g/mol. The largest absolute Gasteiger partial charge is 0.462 e. The average Bonchev–Trinajstić information content (AvgIpc) is 3.37. The first kappa shape index (κ1) is 67.6. The van der Waals surface area contributed by atoms with Crippen molar-refractivity contribution in [1.82, 2.24) is 0 Å². The van der Waals surface area contributed by atoms with Gasteiger partial charge in [-0.1, -0.05) is 266 Å². The maximum atomic E-state index is 12.9. The van der Waals surface area contributed by atoms with Crippen LogP contribution < -0.4 is 0 Å². The molecule has 0 aliphatic heterocycles. The number of allylic oxidation sites excluding steroid dienone is 14. The summed E-state index contributed by atoms with van der Waals surface area (Å²) in [5.41, 5.74) is 0. The Kier molecular flexibility index (Phi) is 56.3. The molecule has 0 aliphatic rings. The van der Waals surface area contributed by atoms with Crippen molar-refractivity contribution in [2.75, 3.05) is 13.2 Å². The van der Waals surface area contributed by atoms with Crippen LogP contribution in [0.4, 0.5) is 0 Å². The molecule has 0 amide bonds. The molecule has 0 aromatic heterocycles. The summed E-state index contributed by atoms with van der Waals surface area (Å²) in [4.78, 5) is 38.2. The summed E-state index contributed by atoms with van der Waals surface area (Å²) in [5.74, 6) is -0.992. The lowest BCUT2D eigenvalue weighted by atomic mass is 10.0. The summed E-state index contributed by atoms with van der Waals surface area (Å²) in [6, 6.07) is 0. The summed E-state index contributed by atoms with van der Waals surface area (Å²) in [6.45, 7) is 6.47. The molecule has 408 valence electrons. The van der Waals surface area contributed by atoms with Crippen LogP contribution >= 0.6 is 0 Å². The van der Waals surface area contributed by atoms with Gasteiger partial charge in [-0.2, -0.15) is 0 Å². The molecule has 0 aliphatic carbocycles. The molecule has 0 aromatic rings. The van der Waals surface area contributed by atoms with Crippen molar-refractivity contribution in [3.8, 4) is 0 Å². The Hall–Kier alpha value is -3.41. The highest BCUT2D eigenvalue weighted by molar-refractivity contribution is 5.71. The third-order valence-electron chi connectivity index (χ3n) is 12.9. The quantitative estimate of drug-likeness (QED) is 0.0261. The van der Waals surface area contributed by atoms with E-state index in [4.69, 9.17) is 14.2 Å². The lowest BCUT2D eigenvalue weighted by Gasteiger charge is -2.18. The Labute approximate surface area is 439 Å². The SMILES string of the molecule is CC/C=C\C/C=C\C/C=C\C/C=C\CCCCC(=O)OC[C@H](COC(=O)CCC/C=C\C/C=C\C/C=C\CCCCCCCC)OC(=O)CCCCCCCCCCCCCCCCCCCCCCC. The van der Waals surface area contributed by atoms with Crippen LogP contribution in [0.2, 0.25) is 0 Å². The molecule has 6 nitrogen and oxygen atoms in total. The van der Waals surface area contributed by atoms with E-state index in [-0.39, 0.29) is 37.5 Å². The second kappa shape index (κ2) is 59.2. The van der Waals surface area contributed by atoms with Crippen LogP contribution in [0.5, 0.6) is 0 Å². The highest BCUT2D eigenvalue weighted by Crippen LogP contribution is 2.16. The third kappa shape index (κ3) is 57.4.